The van der Waals surface area contributed by atoms with Gasteiger partial charge in [-0.2, -0.15) is 10.3 Å². The molecule has 0 spiro atoms. The van der Waals surface area contributed by atoms with Crippen LogP contribution in [0.2, 0.25) is 0 Å². The summed E-state index contributed by atoms with van der Waals surface area (Å²) in [4.78, 5) is 18.7. The normalized spacial score (nSPS) is 29.1. The summed E-state index contributed by atoms with van der Waals surface area (Å²) in [5, 5.41) is 10.3. The molecule has 0 aromatic rings. The molecule has 2 unspecified atom stereocenters. The van der Waals surface area contributed by atoms with Gasteiger partial charge in [0.15, 0.2) is 0 Å². The molecule has 1 saturated heterocycles. The lowest BCUT2D eigenvalue weighted by atomic mass is 10.0. The van der Waals surface area contributed by atoms with Crippen LogP contribution in [0.5, 0.6) is 0 Å². The van der Waals surface area contributed by atoms with Gasteiger partial charge in [0.1, 0.15) is 6.04 Å². The molecule has 2 aliphatic rings. The summed E-state index contributed by atoms with van der Waals surface area (Å²) in [5.74, 6) is 0. The lowest BCUT2D eigenvalue weighted by Crippen LogP contribution is -2.37. The molecule has 2 heterocycles. The fraction of sp³-hybridized carbons (Fsp3) is 0.600. The van der Waals surface area contributed by atoms with E-state index in [-0.39, 0.29) is 12.1 Å². The van der Waals surface area contributed by atoms with Gasteiger partial charge in [-0.1, -0.05) is 0 Å². The van der Waals surface area contributed by atoms with Crippen LogP contribution in [0.4, 0.5) is 4.79 Å². The molecule has 0 radical (unpaired) electrons. The summed E-state index contributed by atoms with van der Waals surface area (Å²) in [5.41, 5.74) is 1.03. The van der Waals surface area contributed by atoms with Crippen molar-refractivity contribution in [3.63, 3.8) is 0 Å². The highest BCUT2D eigenvalue weighted by atomic mass is 16.7. The van der Waals surface area contributed by atoms with Gasteiger partial charge < -0.3 is 4.90 Å². The highest BCUT2D eigenvalue weighted by Crippen LogP contribution is 2.29. The van der Waals surface area contributed by atoms with Gasteiger partial charge in [-0.3, -0.25) is 4.84 Å². The van der Waals surface area contributed by atoms with Crippen molar-refractivity contribution in [1.82, 2.24) is 9.96 Å². The molecular formula is C10H13N3O2. The predicted molar refractivity (Wildman–Crippen MR) is 52.5 cm³/mol. The largest absolute Gasteiger partial charge is 0.345 e. The first-order valence-electron chi connectivity index (χ1n) is 4.99. The molecule has 1 fully saturated rings. The molecule has 80 valence electrons. The van der Waals surface area contributed by atoms with Crippen LogP contribution in [0, 0.1) is 11.3 Å². The zero-order valence-corrected chi connectivity index (χ0v) is 8.80. The van der Waals surface area contributed by atoms with E-state index in [1.807, 2.05) is 19.9 Å². The SMILES string of the molecule is CCON1C(=O)N2CC1C(C)=CC2C#N. The molecule has 2 amide bonds. The van der Waals surface area contributed by atoms with Crippen molar-refractivity contribution in [3.8, 4) is 6.07 Å². The number of urea groups is 1. The Morgan fingerprint density at radius 2 is 2.47 bits per heavy atom. The van der Waals surface area contributed by atoms with Gasteiger partial charge in [0.2, 0.25) is 0 Å². The Kier molecular flexibility index (Phi) is 2.37. The van der Waals surface area contributed by atoms with Crippen molar-refractivity contribution >= 4 is 6.03 Å². The Labute approximate surface area is 88.5 Å². The number of nitrogens with zero attached hydrogens (tertiary/aromatic N) is 3. The van der Waals surface area contributed by atoms with E-state index >= 15 is 0 Å². The van der Waals surface area contributed by atoms with Gasteiger partial charge in [-0.15, -0.1) is 0 Å². The number of carbonyl (C=O) groups excluding carboxylic acids is 1. The molecule has 0 aromatic heterocycles. The van der Waals surface area contributed by atoms with Gasteiger partial charge in [-0.25, -0.2) is 4.79 Å². The van der Waals surface area contributed by atoms with Crippen LogP contribution in [-0.2, 0) is 4.84 Å². The number of nitriles is 1. The first kappa shape index (κ1) is 9.99. The van der Waals surface area contributed by atoms with Crippen molar-refractivity contribution in [2.45, 2.75) is 25.9 Å². The highest BCUT2D eigenvalue weighted by Gasteiger charge is 2.45. The number of carbonyl (C=O) groups is 1. The predicted octanol–water partition coefficient (Wildman–Crippen LogP) is 0.896. The van der Waals surface area contributed by atoms with Crippen molar-refractivity contribution < 1.29 is 9.63 Å². The van der Waals surface area contributed by atoms with Crippen LogP contribution in [-0.4, -0.2) is 41.2 Å². The lowest BCUT2D eigenvalue weighted by molar-refractivity contribution is -0.116. The Morgan fingerprint density at radius 1 is 1.73 bits per heavy atom. The number of hydroxylamine groups is 2. The van der Waals surface area contributed by atoms with Crippen LogP contribution in [0.1, 0.15) is 13.8 Å². The zero-order valence-electron chi connectivity index (χ0n) is 8.80. The number of rotatable bonds is 2. The third-order valence-electron chi connectivity index (χ3n) is 2.77. The molecule has 0 N–H and O–H groups in total. The van der Waals surface area contributed by atoms with E-state index in [0.717, 1.165) is 5.57 Å². The van der Waals surface area contributed by atoms with E-state index in [1.54, 1.807) is 0 Å². The monoisotopic (exact) mass is 207 g/mol. The molecule has 5 nitrogen and oxygen atoms in total. The first-order chi connectivity index (χ1) is 7.19. The molecule has 0 saturated carbocycles. The zero-order chi connectivity index (χ0) is 11.0. The van der Waals surface area contributed by atoms with Crippen molar-refractivity contribution in [2.75, 3.05) is 13.2 Å². The Bertz CT molecular complexity index is 358. The second kappa shape index (κ2) is 3.55. The minimum absolute atomic E-state index is 0.0259. The number of amides is 2. The standard InChI is InChI=1S/C10H13N3O2/c1-3-15-13-9-6-12(10(13)14)8(5-11)4-7(9)2/h4,8-9H,3,6H2,1-2H3. The highest BCUT2D eigenvalue weighted by molar-refractivity contribution is 5.78. The molecule has 5 heteroatoms. The quantitative estimate of drug-likeness (QED) is 0.632. The average molecular weight is 207 g/mol. The minimum atomic E-state index is -0.445. The van der Waals surface area contributed by atoms with Crippen LogP contribution >= 0.6 is 0 Å². The maximum Gasteiger partial charge on any atom is 0.345 e. The first-order valence-corrected chi connectivity index (χ1v) is 4.99. The van der Waals surface area contributed by atoms with Crippen molar-refractivity contribution in [1.29, 1.82) is 5.26 Å². The minimum Gasteiger partial charge on any atom is -0.301 e. The molecule has 0 aliphatic carbocycles. The molecule has 2 atom stereocenters. The average Bonchev–Trinajstić information content (AvgIpc) is 2.51. The maximum absolute atomic E-state index is 11.8. The summed E-state index contributed by atoms with van der Waals surface area (Å²) in [7, 11) is 0. The van der Waals surface area contributed by atoms with E-state index in [0.29, 0.717) is 13.2 Å². The molecule has 2 aliphatic heterocycles. The van der Waals surface area contributed by atoms with E-state index in [9.17, 15) is 4.79 Å². The van der Waals surface area contributed by atoms with Gasteiger partial charge in [0, 0.05) is 0 Å². The Balaban J connectivity index is 2.29. The van der Waals surface area contributed by atoms with Gasteiger partial charge in [-0.05, 0) is 25.5 Å². The van der Waals surface area contributed by atoms with Crippen LogP contribution < -0.4 is 0 Å². The van der Waals surface area contributed by atoms with Crippen LogP contribution in [0.25, 0.3) is 0 Å². The maximum atomic E-state index is 11.8. The van der Waals surface area contributed by atoms with Gasteiger partial charge >= 0.3 is 6.03 Å². The molecule has 15 heavy (non-hydrogen) atoms. The van der Waals surface area contributed by atoms with E-state index < -0.39 is 6.04 Å². The number of fused-ring (bicyclic) bond motifs is 2. The van der Waals surface area contributed by atoms with Gasteiger partial charge in [0.25, 0.3) is 0 Å². The van der Waals surface area contributed by atoms with Gasteiger partial charge in [0.05, 0.1) is 25.3 Å². The summed E-state index contributed by atoms with van der Waals surface area (Å²) in [6.45, 7) is 4.78. The number of hydrogen-bond donors (Lipinski definition) is 0. The topological polar surface area (TPSA) is 56.6 Å². The third-order valence-corrected chi connectivity index (χ3v) is 2.77. The number of hydrogen-bond acceptors (Lipinski definition) is 3. The lowest BCUT2D eigenvalue weighted by Gasteiger charge is -2.23. The van der Waals surface area contributed by atoms with E-state index in [4.69, 9.17) is 10.1 Å². The fourth-order valence-electron chi connectivity index (χ4n) is 2.00. The fourth-order valence-corrected chi connectivity index (χ4v) is 2.00. The van der Waals surface area contributed by atoms with E-state index in [2.05, 4.69) is 6.07 Å². The van der Waals surface area contributed by atoms with Crippen LogP contribution in [0.3, 0.4) is 0 Å². The Morgan fingerprint density at radius 3 is 3.07 bits per heavy atom. The Hall–Kier alpha value is -1.54. The summed E-state index contributed by atoms with van der Waals surface area (Å²) in [6, 6.07) is 1.42. The second-order valence-electron chi connectivity index (χ2n) is 3.68. The summed E-state index contributed by atoms with van der Waals surface area (Å²) < 4.78 is 0. The van der Waals surface area contributed by atoms with Crippen LogP contribution in [0.15, 0.2) is 11.6 Å². The second-order valence-corrected chi connectivity index (χ2v) is 3.68. The molecule has 2 bridgehead atoms. The summed E-state index contributed by atoms with van der Waals surface area (Å²) in [6.07, 6.45) is 1.82. The third kappa shape index (κ3) is 1.38. The summed E-state index contributed by atoms with van der Waals surface area (Å²) >= 11 is 0. The molecule has 2 rings (SSSR count). The molecule has 0 aromatic carbocycles. The van der Waals surface area contributed by atoms with Crippen molar-refractivity contribution in [2.24, 2.45) is 0 Å². The smallest absolute Gasteiger partial charge is 0.301 e. The molecular weight excluding hydrogens is 194 g/mol. The van der Waals surface area contributed by atoms with Crippen molar-refractivity contribution in [3.05, 3.63) is 11.6 Å². The van der Waals surface area contributed by atoms with E-state index in [1.165, 1.54) is 9.96 Å².